The van der Waals surface area contributed by atoms with Crippen molar-refractivity contribution >= 4 is 17.7 Å². The molecule has 1 amide bonds. The minimum atomic E-state index is -0.0165. The van der Waals surface area contributed by atoms with Crippen molar-refractivity contribution in [3.8, 4) is 0 Å². The van der Waals surface area contributed by atoms with Crippen LogP contribution in [0, 0.1) is 5.92 Å². The SMILES string of the molecule is CCN(C[C@@H]1CCOC1)C(=O)[C@H]1SCCc2ccccc21. The Morgan fingerprint density at radius 1 is 1.43 bits per heavy atom. The van der Waals surface area contributed by atoms with E-state index in [2.05, 4.69) is 25.1 Å². The first kappa shape index (κ1) is 14.9. The second-order valence-corrected chi connectivity index (χ2v) is 7.02. The van der Waals surface area contributed by atoms with Gasteiger partial charge in [0.15, 0.2) is 0 Å². The fraction of sp³-hybridized carbons (Fsp3) is 0.588. The molecule has 1 aromatic rings. The zero-order valence-electron chi connectivity index (χ0n) is 12.6. The van der Waals surface area contributed by atoms with E-state index in [4.69, 9.17) is 4.74 Å². The van der Waals surface area contributed by atoms with Gasteiger partial charge in [0, 0.05) is 25.6 Å². The summed E-state index contributed by atoms with van der Waals surface area (Å²) in [6.07, 6.45) is 2.16. The van der Waals surface area contributed by atoms with Crippen LogP contribution in [0.25, 0.3) is 0 Å². The van der Waals surface area contributed by atoms with E-state index in [9.17, 15) is 4.79 Å². The highest BCUT2D eigenvalue weighted by Gasteiger charge is 2.31. The van der Waals surface area contributed by atoms with E-state index in [1.165, 1.54) is 11.1 Å². The molecule has 2 aliphatic heterocycles. The molecule has 1 saturated heterocycles. The zero-order valence-corrected chi connectivity index (χ0v) is 13.4. The Bertz CT molecular complexity index is 499. The maximum absolute atomic E-state index is 12.9. The molecule has 1 fully saturated rings. The smallest absolute Gasteiger partial charge is 0.240 e. The van der Waals surface area contributed by atoms with Gasteiger partial charge in [-0.05, 0) is 36.6 Å². The van der Waals surface area contributed by atoms with Crippen LogP contribution in [-0.4, -0.2) is 42.9 Å². The maximum Gasteiger partial charge on any atom is 0.240 e. The highest BCUT2D eigenvalue weighted by atomic mass is 32.2. The van der Waals surface area contributed by atoms with Gasteiger partial charge in [0.25, 0.3) is 0 Å². The largest absolute Gasteiger partial charge is 0.381 e. The normalized spacial score (nSPS) is 24.6. The Morgan fingerprint density at radius 3 is 3.05 bits per heavy atom. The highest BCUT2D eigenvalue weighted by Crippen LogP contribution is 2.38. The van der Waals surface area contributed by atoms with Crippen LogP contribution in [0.5, 0.6) is 0 Å². The summed E-state index contributed by atoms with van der Waals surface area (Å²) in [5, 5.41) is -0.0165. The van der Waals surface area contributed by atoms with Gasteiger partial charge in [-0.15, -0.1) is 11.8 Å². The molecule has 3 rings (SSSR count). The van der Waals surface area contributed by atoms with Crippen LogP contribution in [-0.2, 0) is 16.0 Å². The first-order valence-electron chi connectivity index (χ1n) is 7.85. The topological polar surface area (TPSA) is 29.5 Å². The van der Waals surface area contributed by atoms with Gasteiger partial charge >= 0.3 is 0 Å². The van der Waals surface area contributed by atoms with Crippen molar-refractivity contribution in [2.75, 3.05) is 32.1 Å². The van der Waals surface area contributed by atoms with Crippen molar-refractivity contribution in [3.05, 3.63) is 35.4 Å². The van der Waals surface area contributed by atoms with Crippen LogP contribution < -0.4 is 0 Å². The Labute approximate surface area is 131 Å². The Balaban J connectivity index is 1.74. The number of likely N-dealkylation sites (N-methyl/N-ethyl adjacent to an activating group) is 1. The number of rotatable bonds is 4. The number of aryl methyl sites for hydroxylation is 1. The molecule has 0 spiro atoms. The van der Waals surface area contributed by atoms with Crippen LogP contribution in [0.1, 0.15) is 29.7 Å². The lowest BCUT2D eigenvalue weighted by atomic mass is 10.0. The zero-order chi connectivity index (χ0) is 14.7. The third-order valence-electron chi connectivity index (χ3n) is 4.41. The van der Waals surface area contributed by atoms with Crippen molar-refractivity contribution in [1.29, 1.82) is 0 Å². The molecule has 0 aromatic heterocycles. The molecular formula is C17H23NO2S. The molecule has 0 bridgehead atoms. The van der Waals surface area contributed by atoms with Crippen molar-refractivity contribution in [3.63, 3.8) is 0 Å². The molecule has 2 aliphatic rings. The number of fused-ring (bicyclic) bond motifs is 1. The van der Waals surface area contributed by atoms with Crippen LogP contribution in [0.15, 0.2) is 24.3 Å². The molecule has 0 saturated carbocycles. The Hall–Kier alpha value is -1.00. The first-order valence-corrected chi connectivity index (χ1v) is 8.90. The van der Waals surface area contributed by atoms with E-state index in [1.54, 1.807) is 11.8 Å². The average molecular weight is 305 g/mol. The summed E-state index contributed by atoms with van der Waals surface area (Å²) in [6, 6.07) is 8.41. The number of ether oxygens (including phenoxy) is 1. The number of carbonyl (C=O) groups is 1. The molecule has 21 heavy (non-hydrogen) atoms. The second kappa shape index (κ2) is 6.84. The van der Waals surface area contributed by atoms with Gasteiger partial charge in [0.05, 0.1) is 6.61 Å². The van der Waals surface area contributed by atoms with Crippen molar-refractivity contribution in [1.82, 2.24) is 4.90 Å². The van der Waals surface area contributed by atoms with Crippen molar-refractivity contribution in [2.24, 2.45) is 5.92 Å². The predicted octanol–water partition coefficient (Wildman–Crippen LogP) is 2.90. The summed E-state index contributed by atoms with van der Waals surface area (Å²) in [6.45, 7) is 5.35. The highest BCUT2D eigenvalue weighted by molar-refractivity contribution is 8.00. The molecule has 2 atom stereocenters. The number of amides is 1. The van der Waals surface area contributed by atoms with Crippen LogP contribution in [0.2, 0.25) is 0 Å². The van der Waals surface area contributed by atoms with Gasteiger partial charge in [0.2, 0.25) is 5.91 Å². The summed E-state index contributed by atoms with van der Waals surface area (Å²) >= 11 is 1.79. The van der Waals surface area contributed by atoms with Crippen LogP contribution in [0.4, 0.5) is 0 Å². The summed E-state index contributed by atoms with van der Waals surface area (Å²) < 4.78 is 5.44. The third-order valence-corrected chi connectivity index (χ3v) is 5.64. The molecule has 0 radical (unpaired) electrons. The van der Waals surface area contributed by atoms with E-state index in [1.807, 2.05) is 11.0 Å². The summed E-state index contributed by atoms with van der Waals surface area (Å²) in [5.74, 6) is 1.83. The number of hydrogen-bond donors (Lipinski definition) is 0. The molecule has 2 heterocycles. The predicted molar refractivity (Wildman–Crippen MR) is 86.5 cm³/mol. The molecule has 0 aliphatic carbocycles. The quantitative estimate of drug-likeness (QED) is 0.856. The lowest BCUT2D eigenvalue weighted by Crippen LogP contribution is -2.38. The number of nitrogens with zero attached hydrogens (tertiary/aromatic N) is 1. The van der Waals surface area contributed by atoms with E-state index in [-0.39, 0.29) is 11.2 Å². The van der Waals surface area contributed by atoms with Crippen molar-refractivity contribution in [2.45, 2.75) is 25.0 Å². The Morgan fingerprint density at radius 2 is 2.29 bits per heavy atom. The molecular weight excluding hydrogens is 282 g/mol. The van der Waals surface area contributed by atoms with E-state index in [0.29, 0.717) is 5.92 Å². The van der Waals surface area contributed by atoms with E-state index in [0.717, 1.165) is 44.9 Å². The van der Waals surface area contributed by atoms with Gasteiger partial charge < -0.3 is 9.64 Å². The lowest BCUT2D eigenvalue weighted by molar-refractivity contribution is -0.131. The number of benzene rings is 1. The third kappa shape index (κ3) is 3.27. The summed E-state index contributed by atoms with van der Waals surface area (Å²) in [4.78, 5) is 15.0. The summed E-state index contributed by atoms with van der Waals surface area (Å²) in [5.41, 5.74) is 2.56. The van der Waals surface area contributed by atoms with Crippen molar-refractivity contribution < 1.29 is 9.53 Å². The molecule has 114 valence electrons. The maximum atomic E-state index is 12.9. The average Bonchev–Trinajstić information content (AvgIpc) is 3.04. The minimum absolute atomic E-state index is 0.0165. The standard InChI is InChI=1S/C17H23NO2S/c1-2-18(11-13-7-9-20-12-13)17(19)16-15-6-4-3-5-14(15)8-10-21-16/h3-6,13,16H,2,7-12H2,1H3/t13-,16-/m0/s1. The van der Waals surface area contributed by atoms with Gasteiger partial charge in [-0.25, -0.2) is 0 Å². The number of carbonyl (C=O) groups excluding carboxylic acids is 1. The molecule has 1 aromatic carbocycles. The van der Waals surface area contributed by atoms with Gasteiger partial charge in [-0.1, -0.05) is 24.3 Å². The van der Waals surface area contributed by atoms with Gasteiger partial charge in [-0.3, -0.25) is 4.79 Å². The van der Waals surface area contributed by atoms with E-state index >= 15 is 0 Å². The molecule has 0 unspecified atom stereocenters. The number of hydrogen-bond acceptors (Lipinski definition) is 3. The monoisotopic (exact) mass is 305 g/mol. The lowest BCUT2D eigenvalue weighted by Gasteiger charge is -2.31. The fourth-order valence-electron chi connectivity index (χ4n) is 3.18. The minimum Gasteiger partial charge on any atom is -0.381 e. The Kier molecular flexibility index (Phi) is 4.86. The van der Waals surface area contributed by atoms with Gasteiger partial charge in [0.1, 0.15) is 5.25 Å². The number of thioether (sulfide) groups is 1. The van der Waals surface area contributed by atoms with Gasteiger partial charge in [-0.2, -0.15) is 0 Å². The van der Waals surface area contributed by atoms with Crippen LogP contribution in [0.3, 0.4) is 0 Å². The van der Waals surface area contributed by atoms with Crippen LogP contribution >= 0.6 is 11.8 Å². The second-order valence-electron chi connectivity index (χ2n) is 5.81. The molecule has 4 heteroatoms. The summed E-state index contributed by atoms with van der Waals surface area (Å²) in [7, 11) is 0. The fourth-order valence-corrected chi connectivity index (χ4v) is 4.45. The molecule has 3 nitrogen and oxygen atoms in total. The van der Waals surface area contributed by atoms with E-state index < -0.39 is 0 Å². The molecule has 0 N–H and O–H groups in total. The first-order chi connectivity index (χ1) is 10.3.